The third-order valence-electron chi connectivity index (χ3n) is 5.39. The molecule has 0 radical (unpaired) electrons. The highest BCUT2D eigenvalue weighted by molar-refractivity contribution is 7.92. The van der Waals surface area contributed by atoms with E-state index in [1.54, 1.807) is 12.1 Å². The van der Waals surface area contributed by atoms with Crippen LogP contribution in [-0.4, -0.2) is 19.3 Å². The smallest absolute Gasteiger partial charge is 0.261 e. The zero-order valence-corrected chi connectivity index (χ0v) is 17.6. The summed E-state index contributed by atoms with van der Waals surface area (Å²) in [5, 5.41) is 3.12. The lowest BCUT2D eigenvalue weighted by Gasteiger charge is -2.19. The van der Waals surface area contributed by atoms with Crippen LogP contribution in [0.15, 0.2) is 71.9 Å². The lowest BCUT2D eigenvalue weighted by molar-refractivity contribution is 0.0927. The summed E-state index contributed by atoms with van der Waals surface area (Å²) in [5.41, 5.74) is 4.44. The summed E-state index contributed by atoms with van der Waals surface area (Å²) in [6.45, 7) is 4.17. The Labute approximate surface area is 176 Å². The fourth-order valence-corrected chi connectivity index (χ4v) is 4.88. The molecule has 2 aromatic carbocycles. The third kappa shape index (κ3) is 4.07. The van der Waals surface area contributed by atoms with Crippen LogP contribution in [0.25, 0.3) is 0 Å². The predicted molar refractivity (Wildman–Crippen MR) is 116 cm³/mol. The highest BCUT2D eigenvalue weighted by Gasteiger charge is 2.30. The Morgan fingerprint density at radius 3 is 2.43 bits per heavy atom. The second kappa shape index (κ2) is 7.91. The normalized spacial score (nSPS) is 17.9. The summed E-state index contributed by atoms with van der Waals surface area (Å²) in [7, 11) is -3.74. The van der Waals surface area contributed by atoms with Crippen LogP contribution in [0.4, 0.5) is 5.69 Å². The fraction of sp³-hybridized carbons (Fsp3) is 0.217. The quantitative estimate of drug-likeness (QED) is 0.655. The lowest BCUT2D eigenvalue weighted by Crippen LogP contribution is -2.30. The molecule has 4 rings (SSSR count). The van der Waals surface area contributed by atoms with E-state index in [2.05, 4.69) is 40.1 Å². The second-order valence-electron chi connectivity index (χ2n) is 7.70. The average molecular weight is 422 g/mol. The van der Waals surface area contributed by atoms with E-state index in [0.29, 0.717) is 17.2 Å². The Kier molecular flexibility index (Phi) is 5.30. The van der Waals surface area contributed by atoms with E-state index in [4.69, 9.17) is 0 Å². The van der Waals surface area contributed by atoms with Gasteiger partial charge in [0.2, 0.25) is 0 Å². The molecule has 0 unspecified atom stereocenters. The molecule has 1 amide bonds. The van der Waals surface area contributed by atoms with Crippen LogP contribution >= 0.6 is 0 Å². The molecule has 0 saturated carbocycles. The predicted octanol–water partition coefficient (Wildman–Crippen LogP) is 3.85. The Bertz CT molecular complexity index is 1180. The van der Waals surface area contributed by atoms with Crippen LogP contribution in [-0.2, 0) is 16.4 Å². The van der Waals surface area contributed by atoms with E-state index in [9.17, 15) is 13.2 Å². The number of aryl methyl sites for hydroxylation is 1. The molecule has 30 heavy (non-hydrogen) atoms. The summed E-state index contributed by atoms with van der Waals surface area (Å²) < 4.78 is 27.6. The Morgan fingerprint density at radius 2 is 1.73 bits per heavy atom. The zero-order valence-electron chi connectivity index (χ0n) is 16.8. The van der Waals surface area contributed by atoms with Gasteiger partial charge < -0.3 is 5.32 Å². The Morgan fingerprint density at radius 1 is 1.03 bits per heavy atom. The Hall–Kier alpha value is -3.19. The molecular formula is C23H23N3O3S. The van der Waals surface area contributed by atoms with Gasteiger partial charge in [-0.2, -0.15) is 0 Å². The number of sulfonamides is 1. The first-order chi connectivity index (χ1) is 14.3. The van der Waals surface area contributed by atoms with Gasteiger partial charge >= 0.3 is 0 Å². The molecule has 0 saturated heterocycles. The highest BCUT2D eigenvalue weighted by atomic mass is 32.2. The number of hydrogen-bond acceptors (Lipinski definition) is 4. The molecule has 0 aliphatic heterocycles. The van der Waals surface area contributed by atoms with Crippen molar-refractivity contribution in [2.75, 3.05) is 4.72 Å². The first-order valence-corrected chi connectivity index (χ1v) is 11.2. The molecule has 1 aromatic heterocycles. The van der Waals surface area contributed by atoms with Crippen LogP contribution < -0.4 is 10.0 Å². The van der Waals surface area contributed by atoms with Crippen molar-refractivity contribution in [1.82, 2.24) is 10.3 Å². The molecular weight excluding hydrogens is 398 g/mol. The molecule has 0 spiro atoms. The third-order valence-corrected chi connectivity index (χ3v) is 6.79. The van der Waals surface area contributed by atoms with Crippen LogP contribution in [0, 0.1) is 12.8 Å². The molecule has 2 atom stereocenters. The van der Waals surface area contributed by atoms with Crippen molar-refractivity contribution < 1.29 is 13.2 Å². The molecule has 7 heteroatoms. The number of aromatic nitrogens is 1. The second-order valence-corrected chi connectivity index (χ2v) is 9.38. The van der Waals surface area contributed by atoms with Crippen LogP contribution in [0.3, 0.4) is 0 Å². The van der Waals surface area contributed by atoms with E-state index in [0.717, 1.165) is 12.0 Å². The number of carbonyl (C=O) groups is 1. The summed E-state index contributed by atoms with van der Waals surface area (Å²) in [5.74, 6) is 0.0854. The number of benzene rings is 2. The van der Waals surface area contributed by atoms with Gasteiger partial charge in [0.05, 0.1) is 16.6 Å². The van der Waals surface area contributed by atoms with Crippen molar-refractivity contribution in [2.24, 2.45) is 5.92 Å². The number of pyridine rings is 1. The molecule has 3 aromatic rings. The molecule has 2 N–H and O–H groups in total. The first-order valence-electron chi connectivity index (χ1n) is 9.77. The fourth-order valence-electron chi connectivity index (χ4n) is 3.83. The van der Waals surface area contributed by atoms with Gasteiger partial charge in [0.25, 0.3) is 15.9 Å². The molecule has 0 fully saturated rings. The van der Waals surface area contributed by atoms with Crippen LogP contribution in [0.1, 0.15) is 40.0 Å². The molecule has 154 valence electrons. The summed E-state index contributed by atoms with van der Waals surface area (Å²) in [6, 6.07) is 15.4. The van der Waals surface area contributed by atoms with Gasteiger partial charge in [-0.3, -0.25) is 14.5 Å². The summed E-state index contributed by atoms with van der Waals surface area (Å²) in [4.78, 5) is 16.8. The number of rotatable bonds is 5. The van der Waals surface area contributed by atoms with Crippen LogP contribution in [0.5, 0.6) is 0 Å². The summed E-state index contributed by atoms with van der Waals surface area (Å²) in [6.07, 6.45) is 3.95. The van der Waals surface area contributed by atoms with E-state index in [1.807, 2.05) is 6.92 Å². The monoisotopic (exact) mass is 421 g/mol. The molecule has 1 aliphatic carbocycles. The maximum atomic E-state index is 12.8. The maximum absolute atomic E-state index is 12.8. The highest BCUT2D eigenvalue weighted by Crippen LogP contribution is 2.36. The standard InChI is InChI=1S/C23H23N3O3S/c1-15-3-4-18-14-16(2)22(21(18)13-15)25-23(27)17-5-7-20(8-6-17)30(28,29)26-19-9-11-24-12-10-19/h3-13,16,22H,14H2,1-2H3,(H,24,26)(H,25,27)/t16-,22+/m0/s1. The lowest BCUT2D eigenvalue weighted by atomic mass is 10.0. The maximum Gasteiger partial charge on any atom is 0.261 e. The van der Waals surface area contributed by atoms with E-state index in [1.165, 1.54) is 47.8 Å². The van der Waals surface area contributed by atoms with Crippen LogP contribution in [0.2, 0.25) is 0 Å². The Balaban J connectivity index is 1.49. The van der Waals surface area contributed by atoms with E-state index in [-0.39, 0.29) is 16.8 Å². The topological polar surface area (TPSA) is 88.2 Å². The number of hydrogen-bond donors (Lipinski definition) is 2. The SMILES string of the molecule is Cc1ccc2c(c1)[C@H](NC(=O)c1ccc(S(=O)(=O)Nc3ccncc3)cc1)[C@@H](C)C2. The average Bonchev–Trinajstić information content (AvgIpc) is 3.03. The number of nitrogens with zero attached hydrogens (tertiary/aromatic N) is 1. The molecule has 1 heterocycles. The van der Waals surface area contributed by atoms with Gasteiger partial charge in [0, 0.05) is 18.0 Å². The van der Waals surface area contributed by atoms with Crippen molar-refractivity contribution in [3.8, 4) is 0 Å². The van der Waals surface area contributed by atoms with Crippen molar-refractivity contribution in [2.45, 2.75) is 31.2 Å². The minimum absolute atomic E-state index is 0.0517. The largest absolute Gasteiger partial charge is 0.345 e. The van der Waals surface area contributed by atoms with Crippen molar-refractivity contribution >= 4 is 21.6 Å². The number of carbonyl (C=O) groups excluding carboxylic acids is 1. The first kappa shape index (κ1) is 20.1. The van der Waals surface area contributed by atoms with Gasteiger partial charge in [-0.05, 0) is 66.8 Å². The minimum atomic E-state index is -3.74. The van der Waals surface area contributed by atoms with Gasteiger partial charge in [0.1, 0.15) is 0 Å². The van der Waals surface area contributed by atoms with Gasteiger partial charge in [-0.15, -0.1) is 0 Å². The van der Waals surface area contributed by atoms with Gasteiger partial charge in [0.15, 0.2) is 0 Å². The zero-order chi connectivity index (χ0) is 21.3. The van der Waals surface area contributed by atoms with Crippen molar-refractivity contribution in [1.29, 1.82) is 0 Å². The van der Waals surface area contributed by atoms with Gasteiger partial charge in [-0.1, -0.05) is 30.7 Å². The number of nitrogens with one attached hydrogen (secondary N) is 2. The van der Waals surface area contributed by atoms with Crippen molar-refractivity contribution in [3.05, 3.63) is 89.2 Å². The summed E-state index contributed by atoms with van der Waals surface area (Å²) >= 11 is 0. The molecule has 6 nitrogen and oxygen atoms in total. The van der Waals surface area contributed by atoms with Crippen molar-refractivity contribution in [3.63, 3.8) is 0 Å². The molecule has 1 aliphatic rings. The molecule has 0 bridgehead atoms. The van der Waals surface area contributed by atoms with Gasteiger partial charge in [-0.25, -0.2) is 8.42 Å². The van der Waals surface area contributed by atoms with E-state index >= 15 is 0 Å². The minimum Gasteiger partial charge on any atom is -0.345 e. The number of fused-ring (bicyclic) bond motifs is 1. The number of amides is 1. The van der Waals surface area contributed by atoms with E-state index < -0.39 is 10.0 Å². The number of anilines is 1.